The minimum absolute atomic E-state index is 0.481. The normalized spacial score (nSPS) is 12.2. The Morgan fingerprint density at radius 2 is 1.00 bits per heavy atom. The molecule has 1 aliphatic carbocycles. The molecule has 0 atom stereocenters. The van der Waals surface area contributed by atoms with Crippen LogP contribution in [0.2, 0.25) is 0 Å². The first-order valence-electron chi connectivity index (χ1n) is 40.3. The Bertz CT molecular complexity index is 5000. The number of pyridine rings is 4. The summed E-state index contributed by atoms with van der Waals surface area (Å²) in [5, 5.41) is 41.3. The van der Waals surface area contributed by atoms with Crippen LogP contribution < -0.4 is 0 Å². The number of nitrogens with zero attached hydrogens (tertiary/aromatic N) is 14. The molecule has 19 heteroatoms. The molecule has 114 heavy (non-hydrogen) atoms. The van der Waals surface area contributed by atoms with Gasteiger partial charge in [-0.15, -0.1) is 10.2 Å². The number of aromatic nitrogens is 17. The number of H-pyrrole nitrogens is 3. The van der Waals surface area contributed by atoms with Crippen LogP contribution in [0.5, 0.6) is 0 Å². The molecular formula is C95H121N17O2. The van der Waals surface area contributed by atoms with Crippen molar-refractivity contribution >= 4 is 49.8 Å². The fourth-order valence-corrected chi connectivity index (χ4v) is 12.0. The van der Waals surface area contributed by atoms with Crippen LogP contribution in [0.1, 0.15) is 279 Å². The first kappa shape index (κ1) is 86.7. The quantitative estimate of drug-likeness (QED) is 0.0725. The van der Waals surface area contributed by atoms with Gasteiger partial charge in [0.05, 0.1) is 53.0 Å². The minimum atomic E-state index is -0.838. The van der Waals surface area contributed by atoms with Gasteiger partial charge in [0.2, 0.25) is 0 Å². The summed E-state index contributed by atoms with van der Waals surface area (Å²) in [5.41, 5.74) is 20.5. The molecule has 0 spiro atoms. The molecule has 0 saturated heterocycles. The Kier molecular flexibility index (Phi) is 30.8. The summed E-state index contributed by atoms with van der Waals surface area (Å²) in [6, 6.07) is 48.4. The molecule has 598 valence electrons. The van der Waals surface area contributed by atoms with Gasteiger partial charge in [-0.1, -0.05) is 186 Å². The number of hydrogen-bond donors (Lipinski definition) is 5. The van der Waals surface area contributed by atoms with Crippen molar-refractivity contribution in [2.75, 3.05) is 0 Å². The molecule has 4 aromatic carbocycles. The molecule has 1 fully saturated rings. The van der Waals surface area contributed by atoms with Gasteiger partial charge in [-0.3, -0.25) is 15.1 Å². The van der Waals surface area contributed by atoms with Crippen LogP contribution in [0, 0.1) is 0 Å². The molecule has 0 amide bonds. The van der Waals surface area contributed by atoms with E-state index in [1.54, 1.807) is 30.9 Å². The smallest absolute Gasteiger partial charge is 0.178 e. The Hall–Kier alpha value is -11.3. The number of benzene rings is 4. The predicted molar refractivity (Wildman–Crippen MR) is 468 cm³/mol. The predicted octanol–water partition coefficient (Wildman–Crippen LogP) is 23.0. The van der Waals surface area contributed by atoms with Gasteiger partial charge in [0, 0.05) is 91.2 Å². The standard InChI is InChI=1S/C12H14N2.C11H15NO.C11H17NO.C11H13N.C10H14N4.4C10H12N2/c1-10(2)11-3-5-12(6-4-11)14-8-7-13-9-14;1-8(2)9-3-4-10(12-7-9)11(13)5-6-11;1-8(2)9-5-6-10(12-7-9)11(3,4)13;1-8(2)10-4-3-9-5-6-12-11(9)7-10;1-4-9-12-13-10-5-8(7(2)3)6-11-14(9)10;1-8(2)9-3-5-12-6-4-11-10(12)7-9;1-7(2)8-3-4-10-9(5-8)6-11-12-10;1-7(2)8-3-4-9-10(5-8)12-6-11-9;1-8(2)9-3-4-10-11-5-6-12(10)7-9/h3-10H,1-2H3;3-4,7-8,13H,5-6H2,1-2H3;5-8,13H,1-4H3;3-8,12H,1-2H3;5-7H,4H2,1-3H3;3-8H,1-2H3;2*3-7H,1-2H3,(H,11,12);3-8H,1-2H3. The Morgan fingerprint density at radius 3 is 1.59 bits per heavy atom. The molecule has 0 aliphatic heterocycles. The summed E-state index contributed by atoms with van der Waals surface area (Å²) in [6.07, 6.45) is 31.0. The zero-order valence-electron chi connectivity index (χ0n) is 70.9. The highest BCUT2D eigenvalue weighted by Gasteiger charge is 2.43. The highest BCUT2D eigenvalue weighted by atomic mass is 16.3. The summed E-state index contributed by atoms with van der Waals surface area (Å²) in [5.74, 6) is 5.92. The van der Waals surface area contributed by atoms with E-state index in [9.17, 15) is 10.2 Å². The van der Waals surface area contributed by atoms with E-state index in [1.165, 1.54) is 66.4 Å². The zero-order valence-corrected chi connectivity index (χ0v) is 70.9. The molecule has 12 aromatic heterocycles. The van der Waals surface area contributed by atoms with Gasteiger partial charge >= 0.3 is 0 Å². The van der Waals surface area contributed by atoms with Crippen molar-refractivity contribution in [2.24, 2.45) is 0 Å². The number of aliphatic hydroxyl groups is 2. The third-order valence-corrected chi connectivity index (χ3v) is 20.1. The van der Waals surface area contributed by atoms with Crippen LogP contribution in [-0.4, -0.2) is 93.5 Å². The number of fused-ring (bicyclic) bond motifs is 6. The van der Waals surface area contributed by atoms with Crippen LogP contribution in [0.4, 0.5) is 0 Å². The zero-order chi connectivity index (χ0) is 82.4. The first-order chi connectivity index (χ1) is 54.4. The van der Waals surface area contributed by atoms with Crippen LogP contribution >= 0.6 is 0 Å². The molecule has 16 aromatic rings. The molecule has 1 aliphatic rings. The fraction of sp³-hybridized carbons (Fsp3) is 0.368. The van der Waals surface area contributed by atoms with Gasteiger partial charge in [-0.25, -0.2) is 19.9 Å². The molecule has 5 N–H and O–H groups in total. The van der Waals surface area contributed by atoms with Crippen molar-refractivity contribution in [3.63, 3.8) is 0 Å². The van der Waals surface area contributed by atoms with Crippen LogP contribution in [0.3, 0.4) is 0 Å². The molecule has 19 nitrogen and oxygen atoms in total. The largest absolute Gasteiger partial charge is 0.384 e. The van der Waals surface area contributed by atoms with Gasteiger partial charge in [0.25, 0.3) is 0 Å². The maximum atomic E-state index is 9.77. The fourth-order valence-electron chi connectivity index (χ4n) is 12.0. The summed E-state index contributed by atoms with van der Waals surface area (Å²) >= 11 is 0. The molecule has 0 radical (unpaired) electrons. The molecular weight excluding hydrogens is 1410 g/mol. The van der Waals surface area contributed by atoms with E-state index in [2.05, 4.69) is 329 Å². The summed E-state index contributed by atoms with van der Waals surface area (Å²) in [7, 11) is 0. The van der Waals surface area contributed by atoms with Crippen molar-refractivity contribution in [1.29, 1.82) is 0 Å². The highest BCUT2D eigenvalue weighted by Crippen LogP contribution is 2.44. The average Bonchev–Trinajstić information content (AvgIpc) is 1.64. The van der Waals surface area contributed by atoms with E-state index in [4.69, 9.17) is 0 Å². The molecule has 1 saturated carbocycles. The van der Waals surface area contributed by atoms with Crippen LogP contribution in [-0.2, 0) is 17.6 Å². The SMILES string of the molecule is CC(C)c1ccc(-n2ccnc2)cc1.CC(C)c1ccc(C(C)(C)O)nc1.CC(C)c1ccc(C2(O)CC2)nc1.CC(C)c1ccc2[nH]ncc2c1.CC(C)c1ccc2cc[nH]c2c1.CC(C)c1ccc2nc[nH]c2c1.CC(C)c1ccc2nccn2c1.CC(C)c1ccn2ccnc2c1.CCc1nnc2cc(C(C)C)cnn12. The monoisotopic (exact) mass is 1530 g/mol. The van der Waals surface area contributed by atoms with Crippen LogP contribution in [0.25, 0.3) is 55.5 Å². The minimum Gasteiger partial charge on any atom is -0.384 e. The van der Waals surface area contributed by atoms with E-state index in [-0.39, 0.29) is 0 Å². The van der Waals surface area contributed by atoms with Crippen molar-refractivity contribution in [3.8, 4) is 5.69 Å². The number of imidazole rings is 4. The lowest BCUT2D eigenvalue weighted by Gasteiger charge is -2.16. The second kappa shape index (κ2) is 40.5. The van der Waals surface area contributed by atoms with E-state index >= 15 is 0 Å². The maximum Gasteiger partial charge on any atom is 0.178 e. The van der Waals surface area contributed by atoms with Crippen molar-refractivity contribution in [2.45, 2.75) is 229 Å². The lowest BCUT2D eigenvalue weighted by Crippen LogP contribution is -2.17. The van der Waals surface area contributed by atoms with E-state index in [0.717, 1.165) is 75.7 Å². The Labute approximate surface area is 674 Å². The number of nitrogens with one attached hydrogen (secondary N) is 3. The van der Waals surface area contributed by atoms with Gasteiger partial charge in [-0.2, -0.15) is 14.7 Å². The second-order valence-corrected chi connectivity index (χ2v) is 32.6. The summed E-state index contributed by atoms with van der Waals surface area (Å²) in [4.78, 5) is 31.4. The Morgan fingerprint density at radius 1 is 0.439 bits per heavy atom. The van der Waals surface area contributed by atoms with E-state index in [1.807, 2.05) is 102 Å². The number of rotatable bonds is 13. The van der Waals surface area contributed by atoms with E-state index in [0.29, 0.717) is 53.3 Å². The van der Waals surface area contributed by atoms with Gasteiger partial charge in [0.1, 0.15) is 22.5 Å². The van der Waals surface area contributed by atoms with Crippen molar-refractivity contribution in [1.82, 2.24) is 83.2 Å². The first-order valence-corrected chi connectivity index (χ1v) is 40.3. The lowest BCUT2D eigenvalue weighted by molar-refractivity contribution is 0.0738. The van der Waals surface area contributed by atoms with Gasteiger partial charge in [0.15, 0.2) is 11.5 Å². The van der Waals surface area contributed by atoms with E-state index < -0.39 is 11.2 Å². The molecule has 0 unspecified atom stereocenters. The third-order valence-electron chi connectivity index (χ3n) is 20.1. The van der Waals surface area contributed by atoms with Crippen LogP contribution in [0.15, 0.2) is 233 Å². The number of aromatic amines is 3. The van der Waals surface area contributed by atoms with Gasteiger partial charge in [-0.05, 0) is 220 Å². The number of hydrogen-bond acceptors (Lipinski definition) is 12. The molecule has 12 heterocycles. The number of aryl methyl sites for hydroxylation is 1. The second-order valence-electron chi connectivity index (χ2n) is 32.6. The topological polar surface area (TPSA) is 235 Å². The maximum absolute atomic E-state index is 9.77. The third kappa shape index (κ3) is 24.6. The average molecular weight is 1530 g/mol. The van der Waals surface area contributed by atoms with Crippen molar-refractivity contribution < 1.29 is 10.2 Å². The lowest BCUT2D eigenvalue weighted by atomic mass is 10.0. The molecule has 0 bridgehead atoms. The summed E-state index contributed by atoms with van der Waals surface area (Å²) < 4.78 is 7.87. The van der Waals surface area contributed by atoms with Gasteiger partial charge < -0.3 is 33.5 Å². The van der Waals surface area contributed by atoms with Crippen molar-refractivity contribution in [3.05, 3.63) is 300 Å². The molecule has 17 rings (SSSR count). The Balaban J connectivity index is 0.000000147. The summed E-state index contributed by atoms with van der Waals surface area (Å²) in [6.45, 7) is 44.7. The highest BCUT2D eigenvalue weighted by molar-refractivity contribution is 5.80.